The maximum atomic E-state index is 13.1. The monoisotopic (exact) mass is 426 g/mol. The molecular formula is C23H34N6O2. The molecule has 1 unspecified atom stereocenters. The smallest absolute Gasteiger partial charge is 0.225 e. The lowest BCUT2D eigenvalue weighted by Gasteiger charge is -2.29. The Labute approximate surface area is 184 Å². The van der Waals surface area contributed by atoms with Crippen molar-refractivity contribution in [3.8, 4) is 11.3 Å². The number of hydrogen-bond donors (Lipinski definition) is 1. The van der Waals surface area contributed by atoms with Gasteiger partial charge in [-0.3, -0.25) is 9.48 Å². The van der Waals surface area contributed by atoms with Gasteiger partial charge >= 0.3 is 0 Å². The maximum Gasteiger partial charge on any atom is 0.225 e. The van der Waals surface area contributed by atoms with Gasteiger partial charge in [0.25, 0.3) is 0 Å². The molecule has 0 spiro atoms. The Balaban J connectivity index is 1.70. The third-order valence-electron chi connectivity index (χ3n) is 6.07. The molecule has 1 N–H and O–H groups in total. The predicted molar refractivity (Wildman–Crippen MR) is 120 cm³/mol. The largest absolute Gasteiger partial charge is 0.394 e. The Kier molecular flexibility index (Phi) is 6.27. The molecule has 0 aromatic carbocycles. The van der Waals surface area contributed by atoms with Crippen LogP contribution >= 0.6 is 0 Å². The Morgan fingerprint density at radius 3 is 2.68 bits per heavy atom. The Hall–Kier alpha value is -2.48. The first-order chi connectivity index (χ1) is 14.9. The Bertz CT molecular complexity index is 913. The molecule has 2 aliphatic heterocycles. The molecule has 31 heavy (non-hydrogen) atoms. The number of carbonyl (C=O) groups is 1. The van der Waals surface area contributed by atoms with Crippen LogP contribution in [0.25, 0.3) is 11.3 Å². The van der Waals surface area contributed by atoms with Crippen LogP contribution in [0.1, 0.15) is 64.6 Å². The first-order valence-corrected chi connectivity index (χ1v) is 11.4. The maximum absolute atomic E-state index is 13.1. The van der Waals surface area contributed by atoms with Gasteiger partial charge in [0.1, 0.15) is 0 Å². The SMILES string of the molecule is CC(C)(C)CC(=O)N1CCCC1c1c(-c2ccnc(N3CCCC3)n2)cnn1CCO. The molecule has 2 aromatic heterocycles. The summed E-state index contributed by atoms with van der Waals surface area (Å²) in [4.78, 5) is 26.7. The van der Waals surface area contributed by atoms with Gasteiger partial charge in [0.05, 0.1) is 36.8 Å². The van der Waals surface area contributed by atoms with Gasteiger partial charge in [0.15, 0.2) is 0 Å². The van der Waals surface area contributed by atoms with Crippen LogP contribution in [-0.4, -0.2) is 61.9 Å². The summed E-state index contributed by atoms with van der Waals surface area (Å²) in [6.07, 6.45) is 8.34. The lowest BCUT2D eigenvalue weighted by Crippen LogP contribution is -2.34. The highest BCUT2D eigenvalue weighted by Gasteiger charge is 2.35. The summed E-state index contributed by atoms with van der Waals surface area (Å²) in [5, 5.41) is 14.2. The predicted octanol–water partition coefficient (Wildman–Crippen LogP) is 3.03. The van der Waals surface area contributed by atoms with Crippen molar-refractivity contribution < 1.29 is 9.90 Å². The van der Waals surface area contributed by atoms with Gasteiger partial charge in [-0.1, -0.05) is 20.8 Å². The van der Waals surface area contributed by atoms with E-state index in [9.17, 15) is 9.90 Å². The van der Waals surface area contributed by atoms with Crippen molar-refractivity contribution in [1.29, 1.82) is 0 Å². The highest BCUT2D eigenvalue weighted by Crippen LogP contribution is 2.39. The molecular weight excluding hydrogens is 392 g/mol. The van der Waals surface area contributed by atoms with Crippen LogP contribution in [0.5, 0.6) is 0 Å². The highest BCUT2D eigenvalue weighted by molar-refractivity contribution is 5.78. The van der Waals surface area contributed by atoms with Crippen LogP contribution in [0, 0.1) is 5.41 Å². The Morgan fingerprint density at radius 2 is 1.97 bits per heavy atom. The number of anilines is 1. The molecule has 0 saturated carbocycles. The molecule has 4 heterocycles. The summed E-state index contributed by atoms with van der Waals surface area (Å²) in [5.41, 5.74) is 2.67. The number of aliphatic hydroxyl groups excluding tert-OH is 1. The molecule has 0 bridgehead atoms. The summed E-state index contributed by atoms with van der Waals surface area (Å²) >= 11 is 0. The van der Waals surface area contributed by atoms with Crippen molar-refractivity contribution in [2.24, 2.45) is 5.41 Å². The molecule has 1 amide bonds. The summed E-state index contributed by atoms with van der Waals surface area (Å²) in [5.74, 6) is 0.932. The van der Waals surface area contributed by atoms with Crippen molar-refractivity contribution in [2.45, 2.75) is 65.5 Å². The topological polar surface area (TPSA) is 87.4 Å². The van der Waals surface area contributed by atoms with E-state index in [1.54, 1.807) is 6.20 Å². The number of amides is 1. The van der Waals surface area contributed by atoms with E-state index in [1.807, 2.05) is 21.8 Å². The van der Waals surface area contributed by atoms with E-state index < -0.39 is 0 Å². The molecule has 8 heteroatoms. The zero-order valence-corrected chi connectivity index (χ0v) is 18.9. The second-order valence-electron chi connectivity index (χ2n) is 9.81. The molecule has 4 rings (SSSR count). The lowest BCUT2D eigenvalue weighted by molar-refractivity contribution is -0.134. The van der Waals surface area contributed by atoms with Crippen molar-refractivity contribution in [1.82, 2.24) is 24.6 Å². The minimum Gasteiger partial charge on any atom is -0.394 e. The fourth-order valence-electron chi connectivity index (χ4n) is 4.69. The standard InChI is InChI=1S/C23H34N6O2/c1-23(2,3)15-20(31)28-12-6-7-19(28)21-17(16-25-29(21)13-14-30)18-8-9-24-22(26-18)27-10-4-5-11-27/h8-9,16,19,30H,4-7,10-15H2,1-3H3. The van der Waals surface area contributed by atoms with Crippen LogP contribution in [0.2, 0.25) is 0 Å². The minimum atomic E-state index is -0.0598. The van der Waals surface area contributed by atoms with Crippen molar-refractivity contribution in [3.05, 3.63) is 24.2 Å². The molecule has 168 valence electrons. The quantitative estimate of drug-likeness (QED) is 0.764. The van der Waals surface area contributed by atoms with Gasteiger partial charge in [0, 0.05) is 37.8 Å². The van der Waals surface area contributed by atoms with E-state index in [0.717, 1.165) is 55.4 Å². The van der Waals surface area contributed by atoms with Crippen molar-refractivity contribution >= 4 is 11.9 Å². The van der Waals surface area contributed by atoms with Gasteiger partial charge in [-0.25, -0.2) is 9.97 Å². The van der Waals surface area contributed by atoms with E-state index in [2.05, 4.69) is 35.8 Å². The third-order valence-corrected chi connectivity index (χ3v) is 6.07. The van der Waals surface area contributed by atoms with Crippen molar-refractivity contribution in [3.63, 3.8) is 0 Å². The molecule has 2 aliphatic rings. The van der Waals surface area contributed by atoms with Crippen LogP contribution in [0.4, 0.5) is 5.95 Å². The minimum absolute atomic E-state index is 0.000418. The van der Waals surface area contributed by atoms with Gasteiger partial charge in [-0.05, 0) is 37.2 Å². The number of nitrogens with zero attached hydrogens (tertiary/aromatic N) is 6. The van der Waals surface area contributed by atoms with E-state index in [-0.39, 0.29) is 24.0 Å². The normalized spacial score (nSPS) is 19.4. The molecule has 0 aliphatic carbocycles. The lowest BCUT2D eigenvalue weighted by atomic mass is 9.91. The average molecular weight is 427 g/mol. The van der Waals surface area contributed by atoms with E-state index in [0.29, 0.717) is 13.0 Å². The molecule has 2 saturated heterocycles. The summed E-state index contributed by atoms with van der Waals surface area (Å²) < 4.78 is 1.85. The first kappa shape index (κ1) is 21.7. The van der Waals surface area contributed by atoms with Crippen LogP contribution in [0.3, 0.4) is 0 Å². The van der Waals surface area contributed by atoms with E-state index >= 15 is 0 Å². The fourth-order valence-corrected chi connectivity index (χ4v) is 4.69. The zero-order valence-electron chi connectivity index (χ0n) is 18.9. The van der Waals surface area contributed by atoms with Gasteiger partial charge in [0.2, 0.25) is 11.9 Å². The molecule has 0 radical (unpaired) electrons. The summed E-state index contributed by atoms with van der Waals surface area (Å²) in [7, 11) is 0. The number of hydrogen-bond acceptors (Lipinski definition) is 6. The summed E-state index contributed by atoms with van der Waals surface area (Å²) in [6.45, 7) is 9.41. The first-order valence-electron chi connectivity index (χ1n) is 11.4. The molecule has 2 aromatic rings. The zero-order chi connectivity index (χ0) is 22.0. The Morgan fingerprint density at radius 1 is 1.19 bits per heavy atom. The number of rotatable bonds is 6. The number of likely N-dealkylation sites (tertiary alicyclic amines) is 1. The van der Waals surface area contributed by atoms with Crippen LogP contribution < -0.4 is 4.90 Å². The van der Waals surface area contributed by atoms with Crippen LogP contribution in [-0.2, 0) is 11.3 Å². The van der Waals surface area contributed by atoms with Gasteiger partial charge < -0.3 is 14.9 Å². The number of aliphatic hydroxyl groups is 1. The molecule has 8 nitrogen and oxygen atoms in total. The van der Waals surface area contributed by atoms with E-state index in [4.69, 9.17) is 4.98 Å². The molecule has 2 fully saturated rings. The third kappa shape index (κ3) is 4.74. The van der Waals surface area contributed by atoms with E-state index in [1.165, 1.54) is 12.8 Å². The summed E-state index contributed by atoms with van der Waals surface area (Å²) in [6, 6.07) is 1.86. The molecule has 1 atom stereocenters. The number of aromatic nitrogens is 4. The van der Waals surface area contributed by atoms with Crippen LogP contribution in [0.15, 0.2) is 18.5 Å². The average Bonchev–Trinajstić information content (AvgIpc) is 3.47. The van der Waals surface area contributed by atoms with Gasteiger partial charge in [-0.2, -0.15) is 5.10 Å². The highest BCUT2D eigenvalue weighted by atomic mass is 16.3. The van der Waals surface area contributed by atoms with Gasteiger partial charge in [-0.15, -0.1) is 0 Å². The fraction of sp³-hybridized carbons (Fsp3) is 0.652. The number of carbonyl (C=O) groups excluding carboxylic acids is 1. The van der Waals surface area contributed by atoms with Crippen molar-refractivity contribution in [2.75, 3.05) is 31.1 Å². The second-order valence-corrected chi connectivity index (χ2v) is 9.81. The second kappa shape index (κ2) is 8.94.